The van der Waals surface area contributed by atoms with Gasteiger partial charge in [-0.05, 0) is 56.3 Å². The van der Waals surface area contributed by atoms with E-state index in [1.54, 1.807) is 48.2 Å². The number of hydrogen-bond acceptors (Lipinski definition) is 4. The Labute approximate surface area is 150 Å². The lowest BCUT2D eigenvalue weighted by Gasteiger charge is -2.09. The highest BCUT2D eigenvalue weighted by Gasteiger charge is 2.15. The second kappa shape index (κ2) is 6.94. The van der Waals surface area contributed by atoms with E-state index in [1.807, 2.05) is 19.9 Å². The van der Waals surface area contributed by atoms with E-state index in [4.69, 9.17) is 16.3 Å². The first kappa shape index (κ1) is 17.0. The topological polar surface area (TPSA) is 69.0 Å². The molecule has 25 heavy (non-hydrogen) atoms. The van der Waals surface area contributed by atoms with E-state index in [0.717, 1.165) is 11.4 Å². The first-order valence-electron chi connectivity index (χ1n) is 7.63. The Balaban J connectivity index is 1.89. The van der Waals surface area contributed by atoms with E-state index in [1.165, 1.54) is 0 Å². The molecule has 0 aliphatic heterocycles. The molecule has 1 N–H and O–H groups in total. The van der Waals surface area contributed by atoms with Crippen LogP contribution < -0.4 is 10.1 Å². The van der Waals surface area contributed by atoms with Crippen LogP contribution in [-0.4, -0.2) is 27.8 Å². The van der Waals surface area contributed by atoms with Crippen LogP contribution >= 0.6 is 11.6 Å². The average molecular weight is 357 g/mol. The molecule has 0 fully saturated rings. The van der Waals surface area contributed by atoms with Crippen molar-refractivity contribution in [2.24, 2.45) is 0 Å². The molecule has 0 saturated heterocycles. The van der Waals surface area contributed by atoms with Crippen LogP contribution in [0.1, 0.15) is 21.9 Å². The minimum Gasteiger partial charge on any atom is -0.497 e. The van der Waals surface area contributed by atoms with Crippen molar-refractivity contribution in [3.63, 3.8) is 0 Å². The number of ether oxygens (including phenoxy) is 1. The van der Waals surface area contributed by atoms with Crippen LogP contribution in [0.5, 0.6) is 5.75 Å². The normalized spacial score (nSPS) is 10.6. The Kier molecular flexibility index (Phi) is 4.72. The molecule has 128 valence electrons. The van der Waals surface area contributed by atoms with Crippen molar-refractivity contribution in [2.75, 3.05) is 12.4 Å². The molecule has 0 spiro atoms. The third kappa shape index (κ3) is 3.64. The van der Waals surface area contributed by atoms with Crippen molar-refractivity contribution in [3.05, 3.63) is 64.6 Å². The lowest BCUT2D eigenvalue weighted by atomic mass is 10.2. The summed E-state index contributed by atoms with van der Waals surface area (Å²) >= 11 is 6.16. The van der Waals surface area contributed by atoms with Gasteiger partial charge in [-0.15, -0.1) is 0 Å². The molecular formula is C18H17ClN4O2. The molecule has 0 atom stereocenters. The molecule has 1 aromatic carbocycles. The molecule has 2 heterocycles. The molecule has 0 saturated carbocycles. The summed E-state index contributed by atoms with van der Waals surface area (Å²) in [6.07, 6.45) is 0. The average Bonchev–Trinajstić information content (AvgIpc) is 2.94. The maximum Gasteiger partial charge on any atom is 0.275 e. The second-order valence-corrected chi connectivity index (χ2v) is 5.93. The largest absolute Gasteiger partial charge is 0.497 e. The van der Waals surface area contributed by atoms with E-state index in [9.17, 15) is 4.79 Å². The fraction of sp³-hybridized carbons (Fsp3) is 0.167. The minimum absolute atomic E-state index is 0.141. The number of aryl methyl sites for hydroxylation is 2. The van der Waals surface area contributed by atoms with Gasteiger partial charge in [0, 0.05) is 11.4 Å². The number of carbonyl (C=O) groups excluding carboxylic acids is 1. The van der Waals surface area contributed by atoms with Gasteiger partial charge in [0.25, 0.3) is 5.91 Å². The van der Waals surface area contributed by atoms with Gasteiger partial charge in [0.15, 0.2) is 5.82 Å². The summed E-state index contributed by atoms with van der Waals surface area (Å²) in [6, 6.07) is 12.3. The van der Waals surface area contributed by atoms with Crippen molar-refractivity contribution in [2.45, 2.75) is 13.8 Å². The Morgan fingerprint density at radius 2 is 1.88 bits per heavy atom. The number of anilines is 1. The van der Waals surface area contributed by atoms with Gasteiger partial charge in [0.05, 0.1) is 17.8 Å². The van der Waals surface area contributed by atoms with Crippen molar-refractivity contribution >= 4 is 23.2 Å². The third-order valence-electron chi connectivity index (χ3n) is 3.62. The fourth-order valence-electron chi connectivity index (χ4n) is 2.43. The molecule has 0 aliphatic carbocycles. The van der Waals surface area contributed by atoms with E-state index in [-0.39, 0.29) is 10.7 Å². The summed E-state index contributed by atoms with van der Waals surface area (Å²) in [7, 11) is 1.59. The summed E-state index contributed by atoms with van der Waals surface area (Å²) in [5, 5.41) is 7.43. The number of nitrogens with one attached hydrogen (secondary N) is 1. The number of benzene rings is 1. The Hall–Kier alpha value is -2.86. The molecule has 1 amide bonds. The number of carbonyl (C=O) groups is 1. The lowest BCUT2D eigenvalue weighted by Crippen LogP contribution is -2.16. The van der Waals surface area contributed by atoms with Crippen LogP contribution in [0.25, 0.3) is 5.82 Å². The van der Waals surface area contributed by atoms with E-state index >= 15 is 0 Å². The molecule has 6 nitrogen and oxygen atoms in total. The smallest absolute Gasteiger partial charge is 0.275 e. The lowest BCUT2D eigenvalue weighted by molar-refractivity contribution is 0.102. The zero-order valence-electron chi connectivity index (χ0n) is 14.1. The number of hydrogen-bond donors (Lipinski definition) is 1. The number of amides is 1. The van der Waals surface area contributed by atoms with Gasteiger partial charge in [-0.25, -0.2) is 9.67 Å². The zero-order chi connectivity index (χ0) is 18.0. The van der Waals surface area contributed by atoms with E-state index in [0.29, 0.717) is 17.3 Å². The van der Waals surface area contributed by atoms with Crippen molar-refractivity contribution in [1.29, 1.82) is 0 Å². The van der Waals surface area contributed by atoms with Gasteiger partial charge in [-0.1, -0.05) is 11.6 Å². The molecule has 0 aliphatic rings. The van der Waals surface area contributed by atoms with Gasteiger partial charge in [-0.2, -0.15) is 5.10 Å². The van der Waals surface area contributed by atoms with Gasteiger partial charge in [-0.3, -0.25) is 4.79 Å². The van der Waals surface area contributed by atoms with Gasteiger partial charge in [0.1, 0.15) is 11.4 Å². The molecule has 7 heteroatoms. The predicted octanol–water partition coefficient (Wildman–Crippen LogP) is 3.80. The summed E-state index contributed by atoms with van der Waals surface area (Å²) in [5.41, 5.74) is 2.56. The van der Waals surface area contributed by atoms with Gasteiger partial charge in [0.2, 0.25) is 0 Å². The van der Waals surface area contributed by atoms with Crippen LogP contribution in [0.15, 0.2) is 42.5 Å². The quantitative estimate of drug-likeness (QED) is 0.772. The SMILES string of the molecule is COc1ccc(NC(=O)c2nc(-n3nc(C)cc3C)ccc2Cl)cc1. The molecule has 0 unspecified atom stereocenters. The summed E-state index contributed by atoms with van der Waals surface area (Å²) in [6.45, 7) is 3.82. The molecule has 0 radical (unpaired) electrons. The first-order chi connectivity index (χ1) is 12.0. The molecule has 3 aromatic rings. The van der Waals surface area contributed by atoms with E-state index in [2.05, 4.69) is 15.4 Å². The maximum atomic E-state index is 12.5. The Morgan fingerprint density at radius 1 is 1.16 bits per heavy atom. The first-order valence-corrected chi connectivity index (χ1v) is 8.01. The monoisotopic (exact) mass is 356 g/mol. The van der Waals surface area contributed by atoms with Crippen molar-refractivity contribution in [3.8, 4) is 11.6 Å². The third-order valence-corrected chi connectivity index (χ3v) is 3.93. The van der Waals surface area contributed by atoms with Crippen LogP contribution in [-0.2, 0) is 0 Å². The zero-order valence-corrected chi connectivity index (χ0v) is 14.8. The minimum atomic E-state index is -0.390. The van der Waals surface area contributed by atoms with Crippen LogP contribution in [0.4, 0.5) is 5.69 Å². The number of aromatic nitrogens is 3. The fourth-order valence-corrected chi connectivity index (χ4v) is 2.63. The molecule has 2 aromatic heterocycles. The van der Waals surface area contributed by atoms with Gasteiger partial charge < -0.3 is 10.1 Å². The highest BCUT2D eigenvalue weighted by molar-refractivity contribution is 6.34. The van der Waals surface area contributed by atoms with Crippen LogP contribution in [0.3, 0.4) is 0 Å². The summed E-state index contributed by atoms with van der Waals surface area (Å²) in [5.74, 6) is 0.856. The van der Waals surface area contributed by atoms with Gasteiger partial charge >= 0.3 is 0 Å². The Morgan fingerprint density at radius 3 is 2.48 bits per heavy atom. The van der Waals surface area contributed by atoms with Crippen LogP contribution in [0.2, 0.25) is 5.02 Å². The van der Waals surface area contributed by atoms with Crippen LogP contribution in [0, 0.1) is 13.8 Å². The molecule has 0 bridgehead atoms. The van der Waals surface area contributed by atoms with E-state index < -0.39 is 5.91 Å². The number of rotatable bonds is 4. The van der Waals surface area contributed by atoms with Crippen molar-refractivity contribution < 1.29 is 9.53 Å². The number of nitrogens with zero attached hydrogens (tertiary/aromatic N) is 3. The highest BCUT2D eigenvalue weighted by Crippen LogP contribution is 2.20. The number of halogens is 1. The number of pyridine rings is 1. The highest BCUT2D eigenvalue weighted by atomic mass is 35.5. The summed E-state index contributed by atoms with van der Waals surface area (Å²) in [4.78, 5) is 16.9. The summed E-state index contributed by atoms with van der Waals surface area (Å²) < 4.78 is 6.78. The standard InChI is InChI=1S/C18H17ClN4O2/c1-11-10-12(2)23(22-11)16-9-8-15(19)17(21-16)18(24)20-13-4-6-14(25-3)7-5-13/h4-10H,1-3H3,(H,20,24). The molecular weight excluding hydrogens is 340 g/mol. The second-order valence-electron chi connectivity index (χ2n) is 5.52. The Bertz CT molecular complexity index is 919. The number of methoxy groups -OCH3 is 1. The molecule has 3 rings (SSSR count). The maximum absolute atomic E-state index is 12.5. The predicted molar refractivity (Wildman–Crippen MR) is 96.8 cm³/mol. The van der Waals surface area contributed by atoms with Crippen molar-refractivity contribution in [1.82, 2.24) is 14.8 Å².